The van der Waals surface area contributed by atoms with E-state index >= 15 is 0 Å². The van der Waals surface area contributed by atoms with Gasteiger partial charge in [-0.2, -0.15) is 0 Å². The van der Waals surface area contributed by atoms with Crippen LogP contribution in [0.25, 0.3) is 11.1 Å². The lowest BCUT2D eigenvalue weighted by Gasteiger charge is -2.08. The van der Waals surface area contributed by atoms with Gasteiger partial charge in [-0.05, 0) is 38.3 Å². The van der Waals surface area contributed by atoms with Crippen LogP contribution in [0.15, 0.2) is 36.4 Å². The zero-order valence-electron chi connectivity index (χ0n) is 9.90. The van der Waals surface area contributed by atoms with E-state index in [-0.39, 0.29) is 0 Å². The second-order valence-corrected chi connectivity index (χ2v) is 4.77. The fourth-order valence-corrected chi connectivity index (χ4v) is 2.92. The highest BCUT2D eigenvalue weighted by Crippen LogP contribution is 2.36. The molecule has 82 valence electrons. The molecule has 0 fully saturated rings. The molecule has 0 N–H and O–H groups in total. The van der Waals surface area contributed by atoms with E-state index in [1.807, 2.05) is 0 Å². The van der Waals surface area contributed by atoms with Crippen molar-refractivity contribution in [1.82, 2.24) is 4.57 Å². The molecule has 1 aliphatic rings. The molecule has 2 heterocycles. The van der Waals surface area contributed by atoms with Gasteiger partial charge in [0.2, 0.25) is 0 Å². The van der Waals surface area contributed by atoms with E-state index in [9.17, 15) is 0 Å². The first kappa shape index (κ1) is 9.71. The van der Waals surface area contributed by atoms with E-state index in [4.69, 9.17) is 0 Å². The summed E-state index contributed by atoms with van der Waals surface area (Å²) in [6.45, 7) is 4.54. The molecule has 0 spiro atoms. The van der Waals surface area contributed by atoms with Gasteiger partial charge in [0.25, 0.3) is 0 Å². The predicted octanol–water partition coefficient (Wildman–Crippen LogP) is 3.97. The smallest absolute Gasteiger partial charge is 0.0311 e. The van der Waals surface area contributed by atoms with Gasteiger partial charge in [-0.1, -0.05) is 30.3 Å². The lowest BCUT2D eigenvalue weighted by Crippen LogP contribution is -2.00. The Labute approximate surface area is 96.7 Å². The van der Waals surface area contributed by atoms with Gasteiger partial charge in [0.05, 0.1) is 0 Å². The van der Waals surface area contributed by atoms with Gasteiger partial charge in [0.1, 0.15) is 0 Å². The minimum absolute atomic E-state index is 0.674. The lowest BCUT2D eigenvalue weighted by molar-refractivity contribution is 0.569. The fourth-order valence-electron chi connectivity index (χ4n) is 2.92. The first-order valence-electron chi connectivity index (χ1n) is 6.03. The van der Waals surface area contributed by atoms with Gasteiger partial charge in [-0.15, -0.1) is 0 Å². The molecule has 0 saturated heterocycles. The summed E-state index contributed by atoms with van der Waals surface area (Å²) >= 11 is 0. The molecule has 2 aromatic rings. The summed E-state index contributed by atoms with van der Waals surface area (Å²) in [5, 5.41) is 0. The third-order valence-corrected chi connectivity index (χ3v) is 3.66. The zero-order valence-corrected chi connectivity index (χ0v) is 9.90. The summed E-state index contributed by atoms with van der Waals surface area (Å²) in [4.78, 5) is 0. The Morgan fingerprint density at radius 3 is 2.69 bits per heavy atom. The number of aromatic nitrogens is 1. The summed E-state index contributed by atoms with van der Waals surface area (Å²) < 4.78 is 2.50. The maximum Gasteiger partial charge on any atom is 0.0311 e. The van der Waals surface area contributed by atoms with Crippen LogP contribution in [0, 0.1) is 6.92 Å². The van der Waals surface area contributed by atoms with E-state index in [1.54, 1.807) is 0 Å². The van der Waals surface area contributed by atoms with E-state index in [0.29, 0.717) is 6.04 Å². The molecule has 1 aromatic carbocycles. The van der Waals surface area contributed by atoms with Crippen LogP contribution < -0.4 is 0 Å². The molecule has 0 saturated carbocycles. The van der Waals surface area contributed by atoms with Gasteiger partial charge >= 0.3 is 0 Å². The monoisotopic (exact) mass is 211 g/mol. The lowest BCUT2D eigenvalue weighted by atomic mass is 10.0. The minimum Gasteiger partial charge on any atom is -0.346 e. The van der Waals surface area contributed by atoms with Gasteiger partial charge in [0.15, 0.2) is 0 Å². The molecule has 1 nitrogen and oxygen atoms in total. The molecule has 1 aliphatic heterocycles. The summed E-state index contributed by atoms with van der Waals surface area (Å²) in [6.07, 6.45) is 2.51. The van der Waals surface area contributed by atoms with Crippen LogP contribution in [-0.2, 0) is 6.42 Å². The average Bonchev–Trinajstić information content (AvgIpc) is 2.83. The molecule has 1 heteroatoms. The molecule has 1 atom stereocenters. The van der Waals surface area contributed by atoms with Crippen molar-refractivity contribution in [1.29, 1.82) is 0 Å². The molecular formula is C15H17N. The predicted molar refractivity (Wildman–Crippen MR) is 67.6 cm³/mol. The van der Waals surface area contributed by atoms with E-state index < -0.39 is 0 Å². The molecule has 16 heavy (non-hydrogen) atoms. The van der Waals surface area contributed by atoms with E-state index in [1.165, 1.54) is 35.4 Å². The normalized spacial score (nSPS) is 18.8. The van der Waals surface area contributed by atoms with Crippen LogP contribution >= 0.6 is 0 Å². The van der Waals surface area contributed by atoms with Crippen molar-refractivity contribution in [3.05, 3.63) is 47.8 Å². The Morgan fingerprint density at radius 2 is 1.94 bits per heavy atom. The summed E-state index contributed by atoms with van der Waals surface area (Å²) in [5.41, 5.74) is 5.71. The summed E-state index contributed by atoms with van der Waals surface area (Å²) in [6, 6.07) is 13.7. The highest BCUT2D eigenvalue weighted by atomic mass is 15.0. The van der Waals surface area contributed by atoms with Gasteiger partial charge in [-0.3, -0.25) is 0 Å². The van der Waals surface area contributed by atoms with Gasteiger partial charge in [0, 0.05) is 23.0 Å². The molecule has 1 aromatic heterocycles. The average molecular weight is 211 g/mol. The minimum atomic E-state index is 0.674. The van der Waals surface area contributed by atoms with Crippen LogP contribution in [0.3, 0.4) is 0 Å². The number of hydrogen-bond donors (Lipinski definition) is 0. The quantitative estimate of drug-likeness (QED) is 0.672. The standard InChI is InChI=1S/C15H17N/c1-11-8-9-15-14(10-12(2)16(11)15)13-6-4-3-5-7-13/h3-7,10-11H,8-9H2,1-2H3. The number of aryl methyl sites for hydroxylation is 1. The van der Waals surface area contributed by atoms with Crippen molar-refractivity contribution in [2.75, 3.05) is 0 Å². The second-order valence-electron chi connectivity index (χ2n) is 4.77. The number of nitrogens with zero attached hydrogens (tertiary/aromatic N) is 1. The van der Waals surface area contributed by atoms with Crippen LogP contribution in [0.1, 0.15) is 30.8 Å². The zero-order chi connectivity index (χ0) is 11.1. The number of fused-ring (bicyclic) bond motifs is 1. The highest BCUT2D eigenvalue weighted by Gasteiger charge is 2.23. The summed E-state index contributed by atoms with van der Waals surface area (Å²) in [7, 11) is 0. The first-order chi connectivity index (χ1) is 7.77. The molecular weight excluding hydrogens is 194 g/mol. The molecule has 0 amide bonds. The Hall–Kier alpha value is -1.50. The molecule has 3 rings (SSSR count). The van der Waals surface area contributed by atoms with Crippen LogP contribution in [-0.4, -0.2) is 4.57 Å². The van der Waals surface area contributed by atoms with Crippen LogP contribution in [0.5, 0.6) is 0 Å². The molecule has 0 radical (unpaired) electrons. The highest BCUT2D eigenvalue weighted by molar-refractivity contribution is 5.68. The molecule has 0 bridgehead atoms. The summed E-state index contributed by atoms with van der Waals surface area (Å²) in [5.74, 6) is 0. The van der Waals surface area contributed by atoms with Crippen molar-refractivity contribution >= 4 is 0 Å². The van der Waals surface area contributed by atoms with Crippen molar-refractivity contribution in [2.45, 2.75) is 32.7 Å². The number of hydrogen-bond acceptors (Lipinski definition) is 0. The van der Waals surface area contributed by atoms with Crippen LogP contribution in [0.2, 0.25) is 0 Å². The topological polar surface area (TPSA) is 4.93 Å². The molecule has 1 unspecified atom stereocenters. The Balaban J connectivity index is 2.17. The van der Waals surface area contributed by atoms with Crippen molar-refractivity contribution in [2.24, 2.45) is 0 Å². The SMILES string of the molecule is Cc1cc(-c2ccccc2)c2n1C(C)CC2. The largest absolute Gasteiger partial charge is 0.346 e. The van der Waals surface area contributed by atoms with Crippen molar-refractivity contribution in [3.8, 4) is 11.1 Å². The number of benzene rings is 1. The maximum absolute atomic E-state index is 2.50. The Morgan fingerprint density at radius 1 is 1.19 bits per heavy atom. The van der Waals surface area contributed by atoms with Gasteiger partial charge in [-0.25, -0.2) is 0 Å². The number of rotatable bonds is 1. The third-order valence-electron chi connectivity index (χ3n) is 3.66. The Bertz CT molecular complexity index is 508. The van der Waals surface area contributed by atoms with Gasteiger partial charge < -0.3 is 4.57 Å². The second kappa shape index (κ2) is 3.51. The fraction of sp³-hybridized carbons (Fsp3) is 0.333. The third kappa shape index (κ3) is 1.31. The van der Waals surface area contributed by atoms with Crippen molar-refractivity contribution in [3.63, 3.8) is 0 Å². The van der Waals surface area contributed by atoms with Crippen LogP contribution in [0.4, 0.5) is 0 Å². The van der Waals surface area contributed by atoms with Crippen molar-refractivity contribution < 1.29 is 0 Å². The van der Waals surface area contributed by atoms with E-state index in [0.717, 1.165) is 0 Å². The Kier molecular flexibility index (Phi) is 2.13. The van der Waals surface area contributed by atoms with E-state index in [2.05, 4.69) is 54.8 Å². The first-order valence-corrected chi connectivity index (χ1v) is 6.03. The molecule has 0 aliphatic carbocycles. The maximum atomic E-state index is 2.50.